The molecule has 71 valence electrons. The molecule has 0 saturated heterocycles. The fourth-order valence-corrected chi connectivity index (χ4v) is 1.06. The van der Waals surface area contributed by atoms with E-state index in [0.29, 0.717) is 11.3 Å². The van der Waals surface area contributed by atoms with E-state index < -0.39 is 6.29 Å². The highest BCUT2D eigenvalue weighted by Gasteiger charge is 2.14. The Morgan fingerprint density at radius 2 is 2.23 bits per heavy atom. The summed E-state index contributed by atoms with van der Waals surface area (Å²) in [5, 5.41) is 8.99. The smallest absolute Gasteiger partial charge is 0.200 e. The Labute approximate surface area is 77.1 Å². The van der Waals surface area contributed by atoms with Gasteiger partial charge in [-0.1, -0.05) is 6.07 Å². The quantitative estimate of drug-likeness (QED) is 0.695. The zero-order valence-electron chi connectivity index (χ0n) is 7.65. The minimum absolute atomic E-state index is 0.0831. The zero-order valence-corrected chi connectivity index (χ0v) is 7.65. The molecule has 0 aromatic carbocycles. The number of aliphatic hydroxyl groups is 1. The molecule has 0 aliphatic carbocycles. The lowest BCUT2D eigenvalue weighted by molar-refractivity contribution is -0.109. The van der Waals surface area contributed by atoms with Gasteiger partial charge in [0.05, 0.1) is 12.8 Å². The third kappa shape index (κ3) is 2.24. The molecule has 0 saturated carbocycles. The van der Waals surface area contributed by atoms with Crippen LogP contribution < -0.4 is 0 Å². The van der Waals surface area contributed by atoms with Gasteiger partial charge < -0.3 is 14.6 Å². The lowest BCUT2D eigenvalue weighted by Crippen LogP contribution is -2.09. The number of rotatable bonds is 4. The van der Waals surface area contributed by atoms with Gasteiger partial charge >= 0.3 is 0 Å². The zero-order chi connectivity index (χ0) is 9.68. The second-order valence-corrected chi connectivity index (χ2v) is 2.45. The first-order valence-electron chi connectivity index (χ1n) is 3.85. The lowest BCUT2D eigenvalue weighted by atomic mass is 10.2. The van der Waals surface area contributed by atoms with Crippen molar-refractivity contribution in [2.45, 2.75) is 12.9 Å². The number of aliphatic hydroxyl groups excluding tert-OH is 1. The molecule has 1 aromatic heterocycles. The van der Waals surface area contributed by atoms with Crippen LogP contribution in [0.1, 0.15) is 17.5 Å². The summed E-state index contributed by atoms with van der Waals surface area (Å²) in [6.07, 6.45) is 2.12. The van der Waals surface area contributed by atoms with Crippen molar-refractivity contribution in [2.24, 2.45) is 0 Å². The van der Waals surface area contributed by atoms with Gasteiger partial charge in [0.2, 0.25) is 6.29 Å². The fourth-order valence-electron chi connectivity index (χ4n) is 1.06. The summed E-state index contributed by atoms with van der Waals surface area (Å²) in [5.41, 5.74) is 1.25. The van der Waals surface area contributed by atoms with Gasteiger partial charge in [-0.15, -0.1) is 0 Å². The Hall–Kier alpha value is -0.970. The van der Waals surface area contributed by atoms with Crippen LogP contribution in [0.4, 0.5) is 0 Å². The molecule has 4 nitrogen and oxygen atoms in total. The van der Waals surface area contributed by atoms with Gasteiger partial charge in [0.1, 0.15) is 5.69 Å². The van der Waals surface area contributed by atoms with E-state index in [2.05, 4.69) is 11.2 Å². The maximum atomic E-state index is 8.99. The van der Waals surface area contributed by atoms with Gasteiger partial charge in [-0.2, -0.15) is 0 Å². The van der Waals surface area contributed by atoms with E-state index >= 15 is 0 Å². The molecular weight excluding hydrogens is 170 g/mol. The first-order valence-corrected chi connectivity index (χ1v) is 3.85. The SMILES string of the molecule is COC(OC)c1n[c]ccc1CO. The average Bonchev–Trinajstić information content (AvgIpc) is 2.20. The number of hydrogen-bond acceptors (Lipinski definition) is 4. The van der Waals surface area contributed by atoms with Crippen LogP contribution in [0.3, 0.4) is 0 Å². The van der Waals surface area contributed by atoms with E-state index in [1.54, 1.807) is 12.1 Å². The van der Waals surface area contributed by atoms with Gasteiger partial charge in [-0.3, -0.25) is 0 Å². The van der Waals surface area contributed by atoms with Crippen molar-refractivity contribution in [2.75, 3.05) is 14.2 Å². The molecule has 0 amide bonds. The van der Waals surface area contributed by atoms with Crippen molar-refractivity contribution < 1.29 is 14.6 Å². The third-order valence-electron chi connectivity index (χ3n) is 1.69. The monoisotopic (exact) mass is 182 g/mol. The molecule has 4 heteroatoms. The van der Waals surface area contributed by atoms with E-state index in [4.69, 9.17) is 14.6 Å². The summed E-state index contributed by atoms with van der Waals surface area (Å²) in [6, 6.07) is 3.37. The average molecular weight is 182 g/mol. The second-order valence-electron chi connectivity index (χ2n) is 2.45. The fraction of sp³-hybridized carbons (Fsp3) is 0.444. The Morgan fingerprint density at radius 3 is 2.77 bits per heavy atom. The Balaban J connectivity index is 2.96. The predicted molar refractivity (Wildman–Crippen MR) is 45.8 cm³/mol. The van der Waals surface area contributed by atoms with Crippen LogP contribution in [-0.2, 0) is 16.1 Å². The molecule has 1 N–H and O–H groups in total. The van der Waals surface area contributed by atoms with Crippen LogP contribution >= 0.6 is 0 Å². The van der Waals surface area contributed by atoms with Crippen molar-refractivity contribution in [3.05, 3.63) is 29.6 Å². The van der Waals surface area contributed by atoms with E-state index in [0.717, 1.165) is 0 Å². The van der Waals surface area contributed by atoms with Gasteiger partial charge in [0.15, 0.2) is 0 Å². The molecule has 0 unspecified atom stereocenters. The van der Waals surface area contributed by atoms with Crippen molar-refractivity contribution in [1.29, 1.82) is 0 Å². The summed E-state index contributed by atoms with van der Waals surface area (Å²) in [5.74, 6) is 0. The van der Waals surface area contributed by atoms with E-state index in [-0.39, 0.29) is 6.61 Å². The van der Waals surface area contributed by atoms with Crippen LogP contribution in [0.25, 0.3) is 0 Å². The molecule has 0 bridgehead atoms. The first kappa shape index (κ1) is 10.1. The third-order valence-corrected chi connectivity index (χ3v) is 1.69. The summed E-state index contributed by atoms with van der Waals surface area (Å²) in [4.78, 5) is 3.96. The van der Waals surface area contributed by atoms with E-state index in [9.17, 15) is 0 Å². The Kier molecular flexibility index (Phi) is 3.82. The van der Waals surface area contributed by atoms with Crippen LogP contribution in [0.2, 0.25) is 0 Å². The van der Waals surface area contributed by atoms with Gasteiger partial charge in [-0.25, -0.2) is 4.98 Å². The molecule has 0 aliphatic rings. The summed E-state index contributed by atoms with van der Waals surface area (Å²) in [6.45, 7) is -0.0831. The molecule has 1 rings (SSSR count). The van der Waals surface area contributed by atoms with Gasteiger partial charge in [0, 0.05) is 19.8 Å². The highest BCUT2D eigenvalue weighted by atomic mass is 16.7. The number of methoxy groups -OCH3 is 2. The summed E-state index contributed by atoms with van der Waals surface area (Å²) >= 11 is 0. The first-order chi connectivity index (χ1) is 6.33. The predicted octanol–water partition coefficient (Wildman–Crippen LogP) is 0.665. The minimum atomic E-state index is -0.542. The van der Waals surface area contributed by atoms with Crippen molar-refractivity contribution in [3.63, 3.8) is 0 Å². The van der Waals surface area contributed by atoms with Crippen molar-refractivity contribution >= 4 is 0 Å². The lowest BCUT2D eigenvalue weighted by Gasteiger charge is -2.14. The standard InChI is InChI=1S/C9H12NO3/c1-12-9(13-2)8-7(6-11)4-3-5-10-8/h3-4,9,11H,6H2,1-2H3. The molecule has 0 atom stereocenters. The number of nitrogens with zero attached hydrogens (tertiary/aromatic N) is 1. The number of ether oxygens (including phenoxy) is 2. The minimum Gasteiger partial charge on any atom is -0.392 e. The van der Waals surface area contributed by atoms with Crippen LogP contribution in [-0.4, -0.2) is 24.3 Å². The molecule has 1 radical (unpaired) electrons. The van der Waals surface area contributed by atoms with Crippen molar-refractivity contribution in [1.82, 2.24) is 4.98 Å². The molecule has 13 heavy (non-hydrogen) atoms. The molecule has 1 aromatic rings. The summed E-state index contributed by atoms with van der Waals surface area (Å²) < 4.78 is 10.0. The van der Waals surface area contributed by atoms with Gasteiger partial charge in [0.25, 0.3) is 0 Å². The maximum Gasteiger partial charge on any atom is 0.200 e. The molecule has 0 fully saturated rings. The second kappa shape index (κ2) is 4.91. The highest BCUT2D eigenvalue weighted by molar-refractivity contribution is 5.19. The summed E-state index contributed by atoms with van der Waals surface area (Å²) in [7, 11) is 3.04. The largest absolute Gasteiger partial charge is 0.392 e. The van der Waals surface area contributed by atoms with Crippen LogP contribution in [0.15, 0.2) is 12.1 Å². The van der Waals surface area contributed by atoms with E-state index in [1.807, 2.05) is 0 Å². The Bertz CT molecular complexity index is 261. The number of pyridine rings is 1. The van der Waals surface area contributed by atoms with Crippen molar-refractivity contribution in [3.8, 4) is 0 Å². The highest BCUT2D eigenvalue weighted by Crippen LogP contribution is 2.18. The maximum absolute atomic E-state index is 8.99. The molecular formula is C9H12NO3. The van der Waals surface area contributed by atoms with E-state index in [1.165, 1.54) is 14.2 Å². The number of aromatic nitrogens is 1. The van der Waals surface area contributed by atoms with Gasteiger partial charge in [-0.05, 0) is 6.07 Å². The number of hydrogen-bond donors (Lipinski definition) is 1. The van der Waals surface area contributed by atoms with Crippen LogP contribution in [0.5, 0.6) is 0 Å². The van der Waals surface area contributed by atoms with Crippen LogP contribution in [0, 0.1) is 6.20 Å². The molecule has 0 aliphatic heterocycles. The molecule has 1 heterocycles. The molecule has 0 spiro atoms. The normalized spacial score (nSPS) is 10.8. The Morgan fingerprint density at radius 1 is 1.54 bits per heavy atom. The topological polar surface area (TPSA) is 51.6 Å².